The largest absolute Gasteiger partial charge is 0.493 e. The van der Waals surface area contributed by atoms with Crippen molar-refractivity contribution in [2.45, 2.75) is 18.8 Å². The second-order valence-corrected chi connectivity index (χ2v) is 3.67. The molecular weight excluding hydrogens is 246 g/mol. The molecule has 0 aromatic heterocycles. The topological polar surface area (TPSA) is 55.8 Å². The zero-order chi connectivity index (χ0) is 13.8. The summed E-state index contributed by atoms with van der Waals surface area (Å²) >= 11 is 0. The minimum Gasteiger partial charge on any atom is -0.493 e. The second-order valence-electron chi connectivity index (χ2n) is 3.67. The Hall–Kier alpha value is -1.85. The van der Waals surface area contributed by atoms with Gasteiger partial charge in [0, 0.05) is 12.0 Å². The number of benzene rings is 1. The van der Waals surface area contributed by atoms with E-state index in [-0.39, 0.29) is 11.3 Å². The molecule has 0 radical (unpaired) electrons. The number of aliphatic carboxylic acids is 1. The van der Waals surface area contributed by atoms with E-state index in [2.05, 4.69) is 0 Å². The molecule has 0 unspecified atom stereocenters. The third-order valence-electron chi connectivity index (χ3n) is 2.46. The van der Waals surface area contributed by atoms with Crippen molar-refractivity contribution >= 4 is 5.97 Å². The summed E-state index contributed by atoms with van der Waals surface area (Å²) in [4.78, 5) is 10.3. The molecule has 0 fully saturated rings. The average molecular weight is 260 g/mol. The van der Waals surface area contributed by atoms with Crippen molar-refractivity contribution in [2.24, 2.45) is 0 Å². The van der Waals surface area contributed by atoms with Gasteiger partial charge in [-0.25, -0.2) is 8.78 Å². The number of ether oxygens (including phenoxy) is 2. The van der Waals surface area contributed by atoms with E-state index < -0.39 is 24.7 Å². The smallest absolute Gasteiger partial charge is 0.303 e. The van der Waals surface area contributed by atoms with E-state index >= 15 is 0 Å². The summed E-state index contributed by atoms with van der Waals surface area (Å²) in [6, 6.07) is 3.72. The van der Waals surface area contributed by atoms with Crippen LogP contribution in [-0.4, -0.2) is 25.3 Å². The molecule has 0 amide bonds. The lowest BCUT2D eigenvalue weighted by atomic mass is 10.0. The van der Waals surface area contributed by atoms with Gasteiger partial charge in [-0.2, -0.15) is 0 Å². The van der Waals surface area contributed by atoms with Crippen LogP contribution < -0.4 is 9.47 Å². The average Bonchev–Trinajstić information content (AvgIpc) is 2.35. The molecule has 0 aliphatic rings. The van der Waals surface area contributed by atoms with Crippen LogP contribution in [0.25, 0.3) is 0 Å². The number of hydrogen-bond acceptors (Lipinski definition) is 3. The van der Waals surface area contributed by atoms with Gasteiger partial charge in [0.25, 0.3) is 5.92 Å². The van der Waals surface area contributed by atoms with Gasteiger partial charge in [-0.1, -0.05) is 0 Å². The lowest BCUT2D eigenvalue weighted by Gasteiger charge is -2.17. The Morgan fingerprint density at radius 2 is 1.89 bits per heavy atom. The first-order chi connectivity index (χ1) is 8.40. The van der Waals surface area contributed by atoms with Crippen molar-refractivity contribution in [1.29, 1.82) is 0 Å². The van der Waals surface area contributed by atoms with Crippen LogP contribution in [0.3, 0.4) is 0 Å². The molecule has 4 nitrogen and oxygen atoms in total. The molecule has 0 spiro atoms. The Labute approximate surface area is 103 Å². The van der Waals surface area contributed by atoms with Crippen LogP contribution in [0.5, 0.6) is 11.5 Å². The molecule has 1 rings (SSSR count). The van der Waals surface area contributed by atoms with Gasteiger partial charge in [-0.05, 0) is 18.2 Å². The number of halogens is 2. The molecule has 0 saturated heterocycles. The number of alkyl halides is 2. The minimum atomic E-state index is -3.21. The Bertz CT molecular complexity index is 432. The van der Waals surface area contributed by atoms with Crippen molar-refractivity contribution in [3.8, 4) is 11.5 Å². The Balaban J connectivity index is 2.97. The zero-order valence-corrected chi connectivity index (χ0v) is 10.1. The fourth-order valence-corrected chi connectivity index (χ4v) is 1.47. The van der Waals surface area contributed by atoms with Crippen molar-refractivity contribution in [3.63, 3.8) is 0 Å². The maximum absolute atomic E-state index is 13.7. The highest BCUT2D eigenvalue weighted by atomic mass is 19.3. The highest BCUT2D eigenvalue weighted by Gasteiger charge is 2.32. The van der Waals surface area contributed by atoms with E-state index in [1.807, 2.05) is 0 Å². The van der Waals surface area contributed by atoms with E-state index in [0.29, 0.717) is 5.75 Å². The first-order valence-electron chi connectivity index (χ1n) is 5.23. The van der Waals surface area contributed by atoms with Gasteiger partial charge < -0.3 is 14.6 Å². The Kier molecular flexibility index (Phi) is 4.47. The molecular formula is C12H14F2O4. The van der Waals surface area contributed by atoms with Gasteiger partial charge in [-0.15, -0.1) is 0 Å². The molecule has 100 valence electrons. The number of carboxylic acid groups (broad SMARTS) is 1. The molecule has 0 atom stereocenters. The maximum atomic E-state index is 13.7. The van der Waals surface area contributed by atoms with Crippen LogP contribution >= 0.6 is 0 Å². The molecule has 0 bridgehead atoms. The summed E-state index contributed by atoms with van der Waals surface area (Å²) in [7, 11) is 2.75. The van der Waals surface area contributed by atoms with E-state index in [4.69, 9.17) is 14.6 Å². The first-order valence-corrected chi connectivity index (χ1v) is 5.23. The summed E-state index contributed by atoms with van der Waals surface area (Å²) in [6.45, 7) is 0. The predicted molar refractivity (Wildman–Crippen MR) is 60.3 cm³/mol. The molecule has 1 aromatic rings. The third kappa shape index (κ3) is 3.32. The van der Waals surface area contributed by atoms with Crippen molar-refractivity contribution in [3.05, 3.63) is 23.8 Å². The maximum Gasteiger partial charge on any atom is 0.303 e. The number of rotatable bonds is 6. The molecule has 0 aliphatic heterocycles. The molecule has 0 saturated carbocycles. The molecule has 6 heteroatoms. The Morgan fingerprint density at radius 3 is 2.39 bits per heavy atom. The van der Waals surface area contributed by atoms with Crippen LogP contribution in [0.1, 0.15) is 18.4 Å². The van der Waals surface area contributed by atoms with E-state index in [1.54, 1.807) is 0 Å². The van der Waals surface area contributed by atoms with Gasteiger partial charge in [0.2, 0.25) is 0 Å². The summed E-state index contributed by atoms with van der Waals surface area (Å²) in [5, 5.41) is 8.43. The lowest BCUT2D eigenvalue weighted by molar-refractivity contribution is -0.139. The van der Waals surface area contributed by atoms with Crippen molar-refractivity contribution < 1.29 is 28.2 Å². The van der Waals surface area contributed by atoms with E-state index in [9.17, 15) is 13.6 Å². The normalized spacial score (nSPS) is 11.1. The van der Waals surface area contributed by atoms with Crippen LogP contribution in [-0.2, 0) is 10.7 Å². The SMILES string of the molecule is COc1ccc(C(F)(F)CCC(=O)O)cc1OC. The number of carbonyl (C=O) groups is 1. The molecule has 0 aliphatic carbocycles. The van der Waals surface area contributed by atoms with Crippen LogP contribution in [0.4, 0.5) is 8.78 Å². The number of hydrogen-bond donors (Lipinski definition) is 1. The highest BCUT2D eigenvalue weighted by Crippen LogP contribution is 2.37. The number of carboxylic acids is 1. The van der Waals surface area contributed by atoms with Crippen LogP contribution in [0, 0.1) is 0 Å². The van der Waals surface area contributed by atoms with Gasteiger partial charge in [0.15, 0.2) is 11.5 Å². The quantitative estimate of drug-likeness (QED) is 0.854. The van der Waals surface area contributed by atoms with E-state index in [0.717, 1.165) is 6.07 Å². The second kappa shape index (κ2) is 5.66. The fraction of sp³-hybridized carbons (Fsp3) is 0.417. The summed E-state index contributed by atoms with van der Waals surface area (Å²) in [5.41, 5.74) is -0.290. The summed E-state index contributed by atoms with van der Waals surface area (Å²) < 4.78 is 37.3. The third-order valence-corrected chi connectivity index (χ3v) is 2.46. The summed E-state index contributed by atoms with van der Waals surface area (Å²) in [6.07, 6.45) is -1.35. The summed E-state index contributed by atoms with van der Waals surface area (Å²) in [5.74, 6) is -3.94. The van der Waals surface area contributed by atoms with Gasteiger partial charge >= 0.3 is 5.97 Å². The van der Waals surface area contributed by atoms with Crippen molar-refractivity contribution in [1.82, 2.24) is 0 Å². The predicted octanol–water partition coefficient (Wildman–Crippen LogP) is 2.66. The molecule has 0 heterocycles. The highest BCUT2D eigenvalue weighted by molar-refractivity contribution is 5.66. The lowest BCUT2D eigenvalue weighted by Crippen LogP contribution is -2.15. The van der Waals surface area contributed by atoms with Crippen LogP contribution in [0.15, 0.2) is 18.2 Å². The molecule has 1 aromatic carbocycles. The monoisotopic (exact) mass is 260 g/mol. The van der Waals surface area contributed by atoms with Gasteiger partial charge in [-0.3, -0.25) is 4.79 Å². The standard InChI is InChI=1S/C12H14F2O4/c1-17-9-4-3-8(7-10(9)18-2)12(13,14)6-5-11(15)16/h3-4,7H,5-6H2,1-2H3,(H,15,16). The molecule has 1 N–H and O–H groups in total. The zero-order valence-electron chi connectivity index (χ0n) is 10.1. The Morgan fingerprint density at radius 1 is 1.28 bits per heavy atom. The minimum absolute atomic E-state index is 0.185. The van der Waals surface area contributed by atoms with Gasteiger partial charge in [0.1, 0.15) is 0 Å². The molecule has 18 heavy (non-hydrogen) atoms. The van der Waals surface area contributed by atoms with Crippen LogP contribution in [0.2, 0.25) is 0 Å². The first kappa shape index (κ1) is 14.2. The number of methoxy groups -OCH3 is 2. The van der Waals surface area contributed by atoms with Gasteiger partial charge in [0.05, 0.1) is 20.6 Å². The van der Waals surface area contributed by atoms with Crippen molar-refractivity contribution in [2.75, 3.05) is 14.2 Å². The van der Waals surface area contributed by atoms with E-state index in [1.165, 1.54) is 26.4 Å². The fourth-order valence-electron chi connectivity index (χ4n) is 1.47.